The van der Waals surface area contributed by atoms with E-state index in [2.05, 4.69) is 15.6 Å². The fourth-order valence-electron chi connectivity index (χ4n) is 2.76. The van der Waals surface area contributed by atoms with Crippen molar-refractivity contribution in [1.29, 1.82) is 0 Å². The van der Waals surface area contributed by atoms with E-state index >= 15 is 0 Å². The number of hydrogen-bond acceptors (Lipinski definition) is 3. The molecule has 0 atom stereocenters. The summed E-state index contributed by atoms with van der Waals surface area (Å²) in [5.41, 5.74) is 0.567. The minimum atomic E-state index is -3.87. The molecule has 0 saturated heterocycles. The van der Waals surface area contributed by atoms with Crippen molar-refractivity contribution in [3.63, 3.8) is 0 Å². The smallest absolute Gasteiger partial charge is 0.320 e. The molecule has 1 aromatic heterocycles. The standard InChI is InChI=1S/C19H20ClN3O3S/c1-2-3-11-21-19(24)23-18-17(15-12-13(20)9-10-16(15)22-18)27(25,26)14-7-5-4-6-8-14/h4-10,12,22H,2-3,11H2,1H3,(H2,21,23,24). The maximum atomic E-state index is 13.2. The van der Waals surface area contributed by atoms with E-state index in [-0.39, 0.29) is 15.6 Å². The molecule has 0 aliphatic carbocycles. The summed E-state index contributed by atoms with van der Waals surface area (Å²) in [6.07, 6.45) is 1.78. The van der Waals surface area contributed by atoms with Gasteiger partial charge in [0, 0.05) is 22.5 Å². The highest BCUT2D eigenvalue weighted by Crippen LogP contribution is 2.36. The topological polar surface area (TPSA) is 91.1 Å². The molecule has 3 rings (SSSR count). The van der Waals surface area contributed by atoms with E-state index in [9.17, 15) is 13.2 Å². The molecule has 0 bridgehead atoms. The molecule has 27 heavy (non-hydrogen) atoms. The number of aromatic nitrogens is 1. The number of aromatic amines is 1. The predicted molar refractivity (Wildman–Crippen MR) is 107 cm³/mol. The molecule has 0 aliphatic heterocycles. The SMILES string of the molecule is CCCCNC(=O)Nc1[nH]c2ccc(Cl)cc2c1S(=O)(=O)c1ccccc1. The number of halogens is 1. The highest BCUT2D eigenvalue weighted by Gasteiger charge is 2.27. The lowest BCUT2D eigenvalue weighted by atomic mass is 10.2. The van der Waals surface area contributed by atoms with Crippen LogP contribution in [0.5, 0.6) is 0 Å². The Kier molecular flexibility index (Phi) is 5.72. The van der Waals surface area contributed by atoms with Crippen LogP contribution in [0, 0.1) is 0 Å². The Morgan fingerprint density at radius 1 is 1.15 bits per heavy atom. The van der Waals surface area contributed by atoms with Gasteiger partial charge in [-0.1, -0.05) is 43.1 Å². The first kappa shape index (κ1) is 19.3. The third kappa shape index (κ3) is 4.09. The van der Waals surface area contributed by atoms with Crippen LogP contribution in [0.1, 0.15) is 19.8 Å². The Morgan fingerprint density at radius 2 is 1.89 bits per heavy atom. The highest BCUT2D eigenvalue weighted by atomic mass is 35.5. The molecule has 3 N–H and O–H groups in total. The molecule has 0 spiro atoms. The average Bonchev–Trinajstić information content (AvgIpc) is 3.00. The number of nitrogens with one attached hydrogen (secondary N) is 3. The first-order valence-electron chi connectivity index (χ1n) is 8.59. The summed E-state index contributed by atoms with van der Waals surface area (Å²) in [7, 11) is -3.87. The van der Waals surface area contributed by atoms with Gasteiger partial charge in [-0.15, -0.1) is 0 Å². The van der Waals surface area contributed by atoms with Crippen LogP contribution in [0.2, 0.25) is 5.02 Å². The monoisotopic (exact) mass is 405 g/mol. The number of unbranched alkanes of at least 4 members (excludes halogenated alkanes) is 1. The van der Waals surface area contributed by atoms with Crippen molar-refractivity contribution in [1.82, 2.24) is 10.3 Å². The lowest BCUT2D eigenvalue weighted by Crippen LogP contribution is -2.30. The number of fused-ring (bicyclic) bond motifs is 1. The zero-order chi connectivity index (χ0) is 19.4. The first-order chi connectivity index (χ1) is 12.9. The summed E-state index contributed by atoms with van der Waals surface area (Å²) < 4.78 is 26.5. The lowest BCUT2D eigenvalue weighted by molar-refractivity contribution is 0.252. The van der Waals surface area contributed by atoms with Crippen molar-refractivity contribution in [2.24, 2.45) is 0 Å². The predicted octanol–water partition coefficient (Wildman–Crippen LogP) is 4.58. The van der Waals surface area contributed by atoms with Crippen LogP contribution in [0.25, 0.3) is 10.9 Å². The van der Waals surface area contributed by atoms with Crippen molar-refractivity contribution in [2.75, 3.05) is 11.9 Å². The number of carbonyl (C=O) groups excluding carboxylic acids is 1. The molecule has 8 heteroatoms. The van der Waals surface area contributed by atoms with Crippen LogP contribution < -0.4 is 10.6 Å². The Labute approximate surface area is 162 Å². The van der Waals surface area contributed by atoms with Crippen molar-refractivity contribution >= 4 is 44.2 Å². The second-order valence-electron chi connectivity index (χ2n) is 6.07. The molecular formula is C19H20ClN3O3S. The maximum Gasteiger partial charge on any atom is 0.320 e. The Morgan fingerprint density at radius 3 is 2.59 bits per heavy atom. The van der Waals surface area contributed by atoms with Crippen LogP contribution in [0.3, 0.4) is 0 Å². The minimum Gasteiger partial charge on any atom is -0.340 e. The first-order valence-corrected chi connectivity index (χ1v) is 10.5. The van der Waals surface area contributed by atoms with Gasteiger partial charge in [0.25, 0.3) is 0 Å². The fraction of sp³-hybridized carbons (Fsp3) is 0.211. The second-order valence-corrected chi connectivity index (χ2v) is 8.39. The van der Waals surface area contributed by atoms with Crippen LogP contribution in [0.4, 0.5) is 10.6 Å². The van der Waals surface area contributed by atoms with E-state index in [1.165, 1.54) is 12.1 Å². The van der Waals surface area contributed by atoms with Gasteiger partial charge in [-0.3, -0.25) is 5.32 Å². The summed E-state index contributed by atoms with van der Waals surface area (Å²) in [5.74, 6) is 0.116. The summed E-state index contributed by atoms with van der Waals surface area (Å²) >= 11 is 6.08. The largest absolute Gasteiger partial charge is 0.340 e. The number of carbonyl (C=O) groups is 1. The van der Waals surface area contributed by atoms with Gasteiger partial charge in [0.2, 0.25) is 9.84 Å². The summed E-state index contributed by atoms with van der Waals surface area (Å²) in [4.78, 5) is 15.3. The zero-order valence-corrected chi connectivity index (χ0v) is 16.3. The summed E-state index contributed by atoms with van der Waals surface area (Å²) in [5, 5.41) is 6.18. The molecule has 0 unspecified atom stereocenters. The summed E-state index contributed by atoms with van der Waals surface area (Å²) in [6.45, 7) is 2.53. The number of hydrogen-bond donors (Lipinski definition) is 3. The van der Waals surface area contributed by atoms with Crippen LogP contribution in [-0.2, 0) is 9.84 Å². The van der Waals surface area contributed by atoms with Crippen LogP contribution in [-0.4, -0.2) is 26.0 Å². The van der Waals surface area contributed by atoms with Crippen molar-refractivity contribution < 1.29 is 13.2 Å². The highest BCUT2D eigenvalue weighted by molar-refractivity contribution is 7.92. The molecular weight excluding hydrogens is 386 g/mol. The molecule has 2 aromatic carbocycles. The number of amides is 2. The Balaban J connectivity index is 2.09. The third-order valence-electron chi connectivity index (χ3n) is 4.09. The number of benzene rings is 2. The van der Waals surface area contributed by atoms with Gasteiger partial charge < -0.3 is 10.3 Å². The molecule has 6 nitrogen and oxygen atoms in total. The van der Waals surface area contributed by atoms with E-state index in [0.29, 0.717) is 22.5 Å². The van der Waals surface area contributed by atoms with Crippen molar-refractivity contribution in [3.05, 3.63) is 53.6 Å². The van der Waals surface area contributed by atoms with Gasteiger partial charge in [0.15, 0.2) is 0 Å². The summed E-state index contributed by atoms with van der Waals surface area (Å²) in [6, 6.07) is 12.5. The van der Waals surface area contributed by atoms with E-state index in [1.54, 1.807) is 36.4 Å². The van der Waals surface area contributed by atoms with Gasteiger partial charge >= 0.3 is 6.03 Å². The van der Waals surface area contributed by atoms with Gasteiger partial charge in [0.05, 0.1) is 4.90 Å². The molecule has 0 aliphatic rings. The van der Waals surface area contributed by atoms with Crippen molar-refractivity contribution in [2.45, 2.75) is 29.6 Å². The second kappa shape index (κ2) is 8.02. The van der Waals surface area contributed by atoms with E-state index in [4.69, 9.17) is 11.6 Å². The molecule has 2 amide bonds. The van der Waals surface area contributed by atoms with Crippen molar-refractivity contribution in [3.8, 4) is 0 Å². The van der Waals surface area contributed by atoms with E-state index in [1.807, 2.05) is 6.92 Å². The zero-order valence-electron chi connectivity index (χ0n) is 14.8. The minimum absolute atomic E-state index is 0.00292. The quantitative estimate of drug-likeness (QED) is 0.524. The molecule has 0 saturated carbocycles. The Hall–Kier alpha value is -2.51. The third-order valence-corrected chi connectivity index (χ3v) is 6.18. The maximum absolute atomic E-state index is 13.2. The molecule has 0 radical (unpaired) electrons. The number of anilines is 1. The fourth-order valence-corrected chi connectivity index (χ4v) is 4.51. The molecule has 1 heterocycles. The lowest BCUT2D eigenvalue weighted by Gasteiger charge is -2.09. The van der Waals surface area contributed by atoms with Gasteiger partial charge in [-0.25, -0.2) is 13.2 Å². The molecule has 3 aromatic rings. The Bertz CT molecular complexity index is 1060. The number of urea groups is 1. The van der Waals surface area contributed by atoms with Gasteiger partial charge in [-0.05, 0) is 36.8 Å². The normalized spacial score (nSPS) is 11.5. The molecule has 142 valence electrons. The average molecular weight is 406 g/mol. The number of sulfone groups is 1. The van der Waals surface area contributed by atoms with E-state index < -0.39 is 15.9 Å². The van der Waals surface area contributed by atoms with Crippen LogP contribution in [0.15, 0.2) is 58.3 Å². The van der Waals surface area contributed by atoms with Crippen LogP contribution >= 0.6 is 11.6 Å². The van der Waals surface area contributed by atoms with Gasteiger partial charge in [0.1, 0.15) is 10.7 Å². The number of rotatable bonds is 6. The van der Waals surface area contributed by atoms with Gasteiger partial charge in [-0.2, -0.15) is 0 Å². The van der Waals surface area contributed by atoms with E-state index in [0.717, 1.165) is 12.8 Å². The number of H-pyrrole nitrogens is 1. The molecule has 0 fully saturated rings.